The summed E-state index contributed by atoms with van der Waals surface area (Å²) in [5, 5.41) is 4.78. The first-order chi connectivity index (χ1) is 15.0. The molecule has 0 unspecified atom stereocenters. The molecule has 0 aliphatic rings. The molecular weight excluding hydrogens is 390 g/mol. The highest BCUT2D eigenvalue weighted by Crippen LogP contribution is 2.17. The number of hydrogen-bond acceptors (Lipinski definition) is 4. The van der Waals surface area contributed by atoms with Crippen LogP contribution in [0.1, 0.15) is 24.5 Å². The summed E-state index contributed by atoms with van der Waals surface area (Å²) in [6.07, 6.45) is 3.24. The number of amides is 1. The molecule has 1 amide bonds. The van der Waals surface area contributed by atoms with Crippen molar-refractivity contribution in [2.24, 2.45) is 0 Å². The molecular formula is C24H25N5O2. The van der Waals surface area contributed by atoms with Crippen molar-refractivity contribution < 1.29 is 4.79 Å². The minimum Gasteiger partial charge on any atom is -0.313 e. The van der Waals surface area contributed by atoms with Crippen LogP contribution < -0.4 is 10.5 Å². The van der Waals surface area contributed by atoms with E-state index in [9.17, 15) is 9.59 Å². The zero-order chi connectivity index (χ0) is 22.0. The normalized spacial score (nSPS) is 11.1. The van der Waals surface area contributed by atoms with E-state index in [4.69, 9.17) is 0 Å². The molecule has 0 N–H and O–H groups in total. The zero-order valence-electron chi connectivity index (χ0n) is 17.9. The lowest BCUT2D eigenvalue weighted by Crippen LogP contribution is -2.32. The van der Waals surface area contributed by atoms with Gasteiger partial charge in [-0.1, -0.05) is 29.8 Å². The number of benzene rings is 2. The van der Waals surface area contributed by atoms with Crippen molar-refractivity contribution in [2.45, 2.75) is 33.7 Å². The number of carbonyl (C=O) groups excluding carboxylic acids is 1. The lowest BCUT2D eigenvalue weighted by Gasteiger charge is -2.21. The number of anilines is 1. The standard InChI is InChI=1S/C24H25N5O2/c1-4-28(20-7-5-6-18(3)14-20)22(30)12-13-27-16-25-23-21(24(27)31)15-26-29(23)19-10-8-17(2)9-11-19/h5-11,14-16H,4,12-13H2,1-3H3. The van der Waals surface area contributed by atoms with Gasteiger partial charge in [0.2, 0.25) is 5.91 Å². The molecule has 0 aliphatic carbocycles. The number of aryl methyl sites for hydroxylation is 3. The van der Waals surface area contributed by atoms with Crippen LogP contribution in [0.4, 0.5) is 5.69 Å². The predicted octanol–water partition coefficient (Wildman–Crippen LogP) is 3.64. The second-order valence-corrected chi connectivity index (χ2v) is 7.60. The Labute approximate surface area is 180 Å². The highest BCUT2D eigenvalue weighted by Gasteiger charge is 2.16. The monoisotopic (exact) mass is 415 g/mol. The van der Waals surface area contributed by atoms with E-state index < -0.39 is 0 Å². The molecule has 0 atom stereocenters. The lowest BCUT2D eigenvalue weighted by atomic mass is 10.2. The molecule has 158 valence electrons. The van der Waals surface area contributed by atoms with E-state index >= 15 is 0 Å². The predicted molar refractivity (Wildman–Crippen MR) is 122 cm³/mol. The smallest absolute Gasteiger partial charge is 0.264 e. The molecule has 0 saturated carbocycles. The first-order valence-corrected chi connectivity index (χ1v) is 10.3. The molecule has 7 nitrogen and oxygen atoms in total. The van der Waals surface area contributed by atoms with Gasteiger partial charge in [0.25, 0.3) is 5.56 Å². The molecule has 2 heterocycles. The van der Waals surface area contributed by atoms with Gasteiger partial charge in [0.15, 0.2) is 5.65 Å². The summed E-state index contributed by atoms with van der Waals surface area (Å²) in [6.45, 7) is 6.79. The summed E-state index contributed by atoms with van der Waals surface area (Å²) in [5.74, 6) is -0.0320. The molecule has 0 aliphatic heterocycles. The highest BCUT2D eigenvalue weighted by molar-refractivity contribution is 5.93. The fourth-order valence-electron chi connectivity index (χ4n) is 3.63. The van der Waals surface area contributed by atoms with Crippen molar-refractivity contribution in [1.82, 2.24) is 19.3 Å². The van der Waals surface area contributed by atoms with Crippen LogP contribution in [0.5, 0.6) is 0 Å². The summed E-state index contributed by atoms with van der Waals surface area (Å²) in [4.78, 5) is 32.0. The first-order valence-electron chi connectivity index (χ1n) is 10.3. The van der Waals surface area contributed by atoms with Crippen molar-refractivity contribution in [2.75, 3.05) is 11.4 Å². The van der Waals surface area contributed by atoms with E-state index in [1.54, 1.807) is 9.58 Å². The van der Waals surface area contributed by atoms with E-state index in [0.29, 0.717) is 17.6 Å². The number of nitrogens with zero attached hydrogens (tertiary/aromatic N) is 5. The van der Waals surface area contributed by atoms with Crippen LogP contribution in [0.3, 0.4) is 0 Å². The Bertz CT molecular complexity index is 1290. The van der Waals surface area contributed by atoms with Crippen LogP contribution in [0.2, 0.25) is 0 Å². The van der Waals surface area contributed by atoms with Crippen molar-refractivity contribution >= 4 is 22.6 Å². The summed E-state index contributed by atoms with van der Waals surface area (Å²) in [7, 11) is 0. The van der Waals surface area contributed by atoms with Crippen LogP contribution in [0.15, 0.2) is 65.8 Å². The van der Waals surface area contributed by atoms with Crippen molar-refractivity contribution in [1.29, 1.82) is 0 Å². The minimum atomic E-state index is -0.199. The summed E-state index contributed by atoms with van der Waals surface area (Å²) < 4.78 is 3.13. The number of carbonyl (C=O) groups is 1. The lowest BCUT2D eigenvalue weighted by molar-refractivity contribution is -0.118. The second kappa shape index (κ2) is 8.55. The summed E-state index contributed by atoms with van der Waals surface area (Å²) >= 11 is 0. The Hall–Kier alpha value is -3.74. The maximum absolute atomic E-state index is 12.9. The first kappa shape index (κ1) is 20.5. The largest absolute Gasteiger partial charge is 0.313 e. The van der Waals surface area contributed by atoms with Gasteiger partial charge in [-0.05, 0) is 50.6 Å². The zero-order valence-corrected chi connectivity index (χ0v) is 17.9. The van der Waals surface area contributed by atoms with E-state index in [2.05, 4.69) is 10.1 Å². The van der Waals surface area contributed by atoms with Crippen LogP contribution in [0.25, 0.3) is 16.7 Å². The van der Waals surface area contributed by atoms with E-state index in [-0.39, 0.29) is 24.4 Å². The highest BCUT2D eigenvalue weighted by atomic mass is 16.2. The number of fused-ring (bicyclic) bond motifs is 1. The molecule has 0 saturated heterocycles. The van der Waals surface area contributed by atoms with Gasteiger partial charge in [-0.2, -0.15) is 5.10 Å². The Morgan fingerprint density at radius 3 is 2.55 bits per heavy atom. The van der Waals surface area contributed by atoms with Gasteiger partial charge in [-0.3, -0.25) is 14.2 Å². The van der Waals surface area contributed by atoms with Gasteiger partial charge in [0.1, 0.15) is 5.39 Å². The molecule has 2 aromatic heterocycles. The fourth-order valence-corrected chi connectivity index (χ4v) is 3.63. The fraction of sp³-hybridized carbons (Fsp3) is 0.250. The molecule has 7 heteroatoms. The van der Waals surface area contributed by atoms with Crippen LogP contribution in [-0.2, 0) is 11.3 Å². The molecule has 4 rings (SSSR count). The van der Waals surface area contributed by atoms with Gasteiger partial charge in [-0.15, -0.1) is 0 Å². The number of rotatable bonds is 6. The topological polar surface area (TPSA) is 73.0 Å². The molecule has 0 bridgehead atoms. The Kier molecular flexibility index (Phi) is 5.66. The molecule has 4 aromatic rings. The number of hydrogen-bond donors (Lipinski definition) is 0. The third-order valence-corrected chi connectivity index (χ3v) is 5.33. The third kappa shape index (κ3) is 4.12. The van der Waals surface area contributed by atoms with Crippen LogP contribution in [0, 0.1) is 13.8 Å². The molecule has 0 spiro atoms. The SMILES string of the molecule is CCN(C(=O)CCn1cnc2c(cnn2-c2ccc(C)cc2)c1=O)c1cccc(C)c1. The average Bonchev–Trinajstić information content (AvgIpc) is 3.19. The summed E-state index contributed by atoms with van der Waals surface area (Å²) in [6, 6.07) is 15.7. The van der Waals surface area contributed by atoms with Gasteiger partial charge >= 0.3 is 0 Å². The molecule has 31 heavy (non-hydrogen) atoms. The van der Waals surface area contributed by atoms with Gasteiger partial charge in [0.05, 0.1) is 18.2 Å². The number of aromatic nitrogens is 4. The Morgan fingerprint density at radius 2 is 1.84 bits per heavy atom. The maximum atomic E-state index is 12.9. The van der Waals surface area contributed by atoms with E-state index in [1.807, 2.05) is 69.3 Å². The van der Waals surface area contributed by atoms with Crippen molar-refractivity contribution in [3.8, 4) is 5.69 Å². The average molecular weight is 415 g/mol. The van der Waals surface area contributed by atoms with Gasteiger partial charge in [-0.25, -0.2) is 9.67 Å². The molecule has 2 aromatic carbocycles. The second-order valence-electron chi connectivity index (χ2n) is 7.60. The van der Waals surface area contributed by atoms with Gasteiger partial charge in [0, 0.05) is 25.2 Å². The third-order valence-electron chi connectivity index (χ3n) is 5.33. The van der Waals surface area contributed by atoms with E-state index in [0.717, 1.165) is 22.5 Å². The van der Waals surface area contributed by atoms with Crippen LogP contribution >= 0.6 is 0 Å². The van der Waals surface area contributed by atoms with Crippen molar-refractivity contribution in [3.63, 3.8) is 0 Å². The Balaban J connectivity index is 1.55. The van der Waals surface area contributed by atoms with Crippen LogP contribution in [-0.4, -0.2) is 31.8 Å². The molecule has 0 radical (unpaired) electrons. The Morgan fingerprint density at radius 1 is 1.06 bits per heavy atom. The minimum absolute atomic E-state index is 0.0320. The maximum Gasteiger partial charge on any atom is 0.264 e. The summed E-state index contributed by atoms with van der Waals surface area (Å²) in [5.41, 5.74) is 4.26. The van der Waals surface area contributed by atoms with E-state index in [1.165, 1.54) is 17.1 Å². The van der Waals surface area contributed by atoms with Gasteiger partial charge < -0.3 is 4.90 Å². The quantitative estimate of drug-likeness (QED) is 0.482. The molecule has 0 fully saturated rings. The van der Waals surface area contributed by atoms with Crippen molar-refractivity contribution in [3.05, 3.63) is 82.5 Å².